The summed E-state index contributed by atoms with van der Waals surface area (Å²) >= 11 is 0. The zero-order valence-corrected chi connectivity index (χ0v) is 13.5. The van der Waals surface area contributed by atoms with Gasteiger partial charge in [-0.15, -0.1) is 12.4 Å². The van der Waals surface area contributed by atoms with Crippen LogP contribution in [-0.4, -0.2) is 17.6 Å². The zero-order chi connectivity index (χ0) is 15.1. The maximum Gasteiger partial charge on any atom is 0.335 e. The summed E-state index contributed by atoms with van der Waals surface area (Å²) in [7, 11) is 0. The van der Waals surface area contributed by atoms with E-state index in [9.17, 15) is 4.79 Å². The van der Waals surface area contributed by atoms with Crippen molar-refractivity contribution in [2.75, 3.05) is 6.54 Å². The van der Waals surface area contributed by atoms with Gasteiger partial charge in [0.2, 0.25) is 0 Å². The predicted molar refractivity (Wildman–Crippen MR) is 89.6 cm³/mol. The Morgan fingerprint density at radius 2 is 1.86 bits per heavy atom. The molecule has 0 aliphatic rings. The minimum absolute atomic E-state index is 0. The lowest BCUT2D eigenvalue weighted by molar-refractivity contribution is 0.0697. The molecule has 4 nitrogen and oxygen atoms in total. The Bertz CT molecular complexity index is 578. The summed E-state index contributed by atoms with van der Waals surface area (Å²) in [6, 6.07) is 10.6. The van der Waals surface area contributed by atoms with Crippen LogP contribution in [0.25, 0.3) is 11.3 Å². The quantitative estimate of drug-likeness (QED) is 0.709. The summed E-state index contributed by atoms with van der Waals surface area (Å²) < 4.78 is 5.77. The Labute approximate surface area is 136 Å². The monoisotopic (exact) mass is 323 g/mol. The Morgan fingerprint density at radius 3 is 2.50 bits per heavy atom. The van der Waals surface area contributed by atoms with E-state index in [1.807, 2.05) is 12.1 Å². The molecule has 0 aliphatic carbocycles. The molecule has 1 heterocycles. The van der Waals surface area contributed by atoms with Crippen LogP contribution < -0.4 is 5.32 Å². The molecule has 5 heteroatoms. The van der Waals surface area contributed by atoms with Crippen molar-refractivity contribution in [1.29, 1.82) is 0 Å². The number of nitrogens with one attached hydrogen (secondary N) is 1. The Kier molecular flexibility index (Phi) is 7.71. The first-order chi connectivity index (χ1) is 10.2. The number of unbranched alkanes of at least 4 members (excludes halogenated alkanes) is 2. The van der Waals surface area contributed by atoms with Gasteiger partial charge in [-0.2, -0.15) is 0 Å². The summed E-state index contributed by atoms with van der Waals surface area (Å²) in [4.78, 5) is 10.8. The number of rotatable bonds is 8. The number of furan rings is 1. The molecule has 0 amide bonds. The van der Waals surface area contributed by atoms with Crippen molar-refractivity contribution in [1.82, 2.24) is 5.32 Å². The predicted octanol–water partition coefficient (Wildman–Crippen LogP) is 4.35. The second kappa shape index (κ2) is 9.28. The van der Waals surface area contributed by atoms with E-state index in [-0.39, 0.29) is 18.0 Å². The molecule has 120 valence electrons. The first-order valence-corrected chi connectivity index (χ1v) is 7.34. The summed E-state index contributed by atoms with van der Waals surface area (Å²) in [6.45, 7) is 3.91. The average Bonchev–Trinajstić information content (AvgIpc) is 2.96. The molecule has 0 spiro atoms. The summed E-state index contributed by atoms with van der Waals surface area (Å²) in [5.41, 5.74) is 1.17. The van der Waals surface area contributed by atoms with Crippen LogP contribution in [0.5, 0.6) is 0 Å². The van der Waals surface area contributed by atoms with E-state index < -0.39 is 5.97 Å². The third-order valence-corrected chi connectivity index (χ3v) is 3.33. The van der Waals surface area contributed by atoms with Crippen LogP contribution in [0, 0.1) is 0 Å². The van der Waals surface area contributed by atoms with E-state index in [4.69, 9.17) is 9.52 Å². The molecule has 0 fully saturated rings. The van der Waals surface area contributed by atoms with Gasteiger partial charge < -0.3 is 14.8 Å². The first-order valence-electron chi connectivity index (χ1n) is 7.34. The molecule has 2 rings (SSSR count). The number of halogens is 1. The normalized spacial score (nSPS) is 10.2. The van der Waals surface area contributed by atoms with Gasteiger partial charge in [-0.05, 0) is 37.2 Å². The second-order valence-corrected chi connectivity index (χ2v) is 5.03. The number of hydrogen-bond acceptors (Lipinski definition) is 3. The van der Waals surface area contributed by atoms with Gasteiger partial charge in [-0.1, -0.05) is 31.9 Å². The molecular weight excluding hydrogens is 302 g/mol. The number of aromatic carboxylic acids is 1. The number of hydrogen-bond donors (Lipinski definition) is 2. The van der Waals surface area contributed by atoms with Crippen LogP contribution >= 0.6 is 12.4 Å². The first kappa shape index (κ1) is 18.3. The third kappa shape index (κ3) is 5.20. The Hall–Kier alpha value is -1.78. The van der Waals surface area contributed by atoms with Crippen LogP contribution in [0.15, 0.2) is 40.8 Å². The Balaban J connectivity index is 0.00000242. The minimum Gasteiger partial charge on any atom is -0.478 e. The van der Waals surface area contributed by atoms with Crippen LogP contribution in [-0.2, 0) is 6.54 Å². The van der Waals surface area contributed by atoms with Crippen molar-refractivity contribution in [3.63, 3.8) is 0 Å². The van der Waals surface area contributed by atoms with Crippen molar-refractivity contribution in [2.45, 2.75) is 32.7 Å². The summed E-state index contributed by atoms with van der Waals surface area (Å²) in [6.07, 6.45) is 3.64. The highest BCUT2D eigenvalue weighted by Crippen LogP contribution is 2.22. The van der Waals surface area contributed by atoms with Crippen molar-refractivity contribution < 1.29 is 14.3 Å². The molecule has 0 saturated heterocycles. The molecule has 1 aromatic carbocycles. The number of carboxylic acid groups (broad SMARTS) is 1. The van der Waals surface area contributed by atoms with E-state index in [2.05, 4.69) is 12.2 Å². The molecule has 0 aliphatic heterocycles. The highest BCUT2D eigenvalue weighted by atomic mass is 35.5. The summed E-state index contributed by atoms with van der Waals surface area (Å²) in [5.74, 6) is 0.735. The molecule has 0 unspecified atom stereocenters. The van der Waals surface area contributed by atoms with Crippen molar-refractivity contribution >= 4 is 18.4 Å². The van der Waals surface area contributed by atoms with Gasteiger partial charge in [0.15, 0.2) is 0 Å². The second-order valence-electron chi connectivity index (χ2n) is 5.03. The van der Waals surface area contributed by atoms with E-state index in [1.165, 1.54) is 19.3 Å². The molecule has 2 aromatic rings. The van der Waals surface area contributed by atoms with Gasteiger partial charge in [0, 0.05) is 5.56 Å². The van der Waals surface area contributed by atoms with Crippen LogP contribution in [0.4, 0.5) is 0 Å². The fraction of sp³-hybridized carbons (Fsp3) is 0.353. The van der Waals surface area contributed by atoms with Gasteiger partial charge in [0.25, 0.3) is 0 Å². The molecular formula is C17H22ClNO3. The smallest absolute Gasteiger partial charge is 0.335 e. The summed E-state index contributed by atoms with van der Waals surface area (Å²) in [5, 5.41) is 12.2. The molecule has 0 radical (unpaired) electrons. The average molecular weight is 324 g/mol. The van der Waals surface area contributed by atoms with Crippen LogP contribution in [0.1, 0.15) is 42.3 Å². The molecule has 22 heavy (non-hydrogen) atoms. The standard InChI is InChI=1S/C17H21NO3.ClH/c1-2-3-4-11-18-12-15-9-10-16(21-15)13-5-7-14(8-6-13)17(19)20;/h5-10,18H,2-4,11-12H2,1H3,(H,19,20);1H. The van der Waals surface area contributed by atoms with Gasteiger partial charge in [-0.3, -0.25) is 0 Å². The minimum atomic E-state index is -0.919. The third-order valence-electron chi connectivity index (χ3n) is 3.33. The largest absolute Gasteiger partial charge is 0.478 e. The van der Waals surface area contributed by atoms with Crippen molar-refractivity contribution in [2.24, 2.45) is 0 Å². The highest BCUT2D eigenvalue weighted by molar-refractivity contribution is 5.88. The topological polar surface area (TPSA) is 62.5 Å². The number of benzene rings is 1. The van der Waals surface area contributed by atoms with E-state index in [1.54, 1.807) is 24.3 Å². The maximum absolute atomic E-state index is 10.8. The lowest BCUT2D eigenvalue weighted by Crippen LogP contribution is -2.13. The molecule has 1 aromatic heterocycles. The zero-order valence-electron chi connectivity index (χ0n) is 12.7. The lowest BCUT2D eigenvalue weighted by atomic mass is 10.1. The SMILES string of the molecule is CCCCCNCc1ccc(-c2ccc(C(=O)O)cc2)o1.Cl. The van der Waals surface area contributed by atoms with Gasteiger partial charge >= 0.3 is 5.97 Å². The maximum atomic E-state index is 10.8. The Morgan fingerprint density at radius 1 is 1.14 bits per heavy atom. The van der Waals surface area contributed by atoms with Crippen molar-refractivity contribution in [3.8, 4) is 11.3 Å². The molecule has 2 N–H and O–H groups in total. The highest BCUT2D eigenvalue weighted by Gasteiger charge is 2.06. The number of carboxylic acids is 1. The van der Waals surface area contributed by atoms with E-state index in [0.29, 0.717) is 0 Å². The lowest BCUT2D eigenvalue weighted by Gasteiger charge is -2.02. The van der Waals surface area contributed by atoms with Gasteiger partial charge in [0.05, 0.1) is 12.1 Å². The molecule has 0 bridgehead atoms. The fourth-order valence-electron chi connectivity index (χ4n) is 2.12. The van der Waals surface area contributed by atoms with Gasteiger partial charge in [-0.25, -0.2) is 4.79 Å². The van der Waals surface area contributed by atoms with Crippen LogP contribution in [0.3, 0.4) is 0 Å². The molecule has 0 saturated carbocycles. The van der Waals surface area contributed by atoms with E-state index in [0.717, 1.165) is 30.2 Å². The van der Waals surface area contributed by atoms with E-state index >= 15 is 0 Å². The van der Waals surface area contributed by atoms with Crippen molar-refractivity contribution in [3.05, 3.63) is 47.7 Å². The molecule has 0 atom stereocenters. The van der Waals surface area contributed by atoms with Gasteiger partial charge in [0.1, 0.15) is 11.5 Å². The van der Waals surface area contributed by atoms with Crippen LogP contribution in [0.2, 0.25) is 0 Å². The fourth-order valence-corrected chi connectivity index (χ4v) is 2.12. The number of carbonyl (C=O) groups is 1.